The van der Waals surface area contributed by atoms with Gasteiger partial charge in [0.2, 0.25) is 0 Å². The van der Waals surface area contributed by atoms with E-state index in [2.05, 4.69) is 15.1 Å². The van der Waals surface area contributed by atoms with Crippen LogP contribution in [-0.2, 0) is 5.54 Å². The first-order chi connectivity index (χ1) is 8.19. The molecule has 90 valence electrons. The van der Waals surface area contributed by atoms with Gasteiger partial charge in [0.25, 0.3) is 5.89 Å². The average molecular weight is 232 g/mol. The first kappa shape index (κ1) is 11.7. The van der Waals surface area contributed by atoms with Crippen molar-refractivity contribution in [2.24, 2.45) is 5.73 Å². The summed E-state index contributed by atoms with van der Waals surface area (Å²) in [6.45, 7) is 4.04. The van der Waals surface area contributed by atoms with Crippen molar-refractivity contribution < 1.29 is 4.52 Å². The van der Waals surface area contributed by atoms with Gasteiger partial charge in [-0.05, 0) is 25.0 Å². The van der Waals surface area contributed by atoms with Gasteiger partial charge >= 0.3 is 0 Å². The molecular weight excluding hydrogens is 216 g/mol. The Labute approximate surface area is 100 Å². The highest BCUT2D eigenvalue weighted by Gasteiger charge is 2.29. The normalized spacial score (nSPS) is 11.7. The third kappa shape index (κ3) is 2.19. The van der Waals surface area contributed by atoms with E-state index >= 15 is 0 Å². The number of nitrogens with two attached hydrogens (primary N) is 1. The maximum atomic E-state index is 6.21. The second-order valence-electron chi connectivity index (χ2n) is 4.02. The Balaban J connectivity index is 2.34. The summed E-state index contributed by atoms with van der Waals surface area (Å²) in [7, 11) is 0. The largest absolute Gasteiger partial charge is 0.334 e. The van der Waals surface area contributed by atoms with Crippen molar-refractivity contribution in [3.8, 4) is 11.5 Å². The molecule has 0 bridgehead atoms. The summed E-state index contributed by atoms with van der Waals surface area (Å²) < 4.78 is 5.23. The second-order valence-corrected chi connectivity index (χ2v) is 4.02. The van der Waals surface area contributed by atoms with Crippen LogP contribution in [0.5, 0.6) is 0 Å². The van der Waals surface area contributed by atoms with Gasteiger partial charge in [-0.15, -0.1) is 0 Å². The second kappa shape index (κ2) is 4.63. The number of aromatic nitrogens is 3. The first-order valence-corrected chi connectivity index (χ1v) is 5.73. The Hall–Kier alpha value is -1.75. The van der Waals surface area contributed by atoms with Gasteiger partial charge in [-0.3, -0.25) is 4.98 Å². The minimum absolute atomic E-state index is 0.485. The van der Waals surface area contributed by atoms with Crippen LogP contribution < -0.4 is 5.73 Å². The van der Waals surface area contributed by atoms with Crippen molar-refractivity contribution in [3.05, 3.63) is 30.4 Å². The topological polar surface area (TPSA) is 77.8 Å². The molecule has 2 aromatic heterocycles. The van der Waals surface area contributed by atoms with E-state index in [1.165, 1.54) is 0 Å². The molecule has 0 fully saturated rings. The summed E-state index contributed by atoms with van der Waals surface area (Å²) in [6.07, 6.45) is 4.93. The Morgan fingerprint density at radius 1 is 1.24 bits per heavy atom. The van der Waals surface area contributed by atoms with Crippen LogP contribution in [0.3, 0.4) is 0 Å². The summed E-state index contributed by atoms with van der Waals surface area (Å²) >= 11 is 0. The zero-order valence-electron chi connectivity index (χ0n) is 10.1. The predicted molar refractivity (Wildman–Crippen MR) is 64.0 cm³/mol. The molecule has 2 rings (SSSR count). The molecule has 0 aliphatic carbocycles. The van der Waals surface area contributed by atoms with Crippen molar-refractivity contribution in [3.63, 3.8) is 0 Å². The lowest BCUT2D eigenvalue weighted by molar-refractivity contribution is 0.350. The standard InChI is InChI=1S/C12H16N4O/c1-3-12(13,4-2)11-15-10(17-16-11)9-5-7-14-8-6-9/h5-8H,3-4,13H2,1-2H3. The third-order valence-electron chi connectivity index (χ3n) is 3.06. The van der Waals surface area contributed by atoms with Crippen molar-refractivity contribution in [2.75, 3.05) is 0 Å². The van der Waals surface area contributed by atoms with E-state index in [0.29, 0.717) is 11.7 Å². The van der Waals surface area contributed by atoms with Crippen molar-refractivity contribution in [1.82, 2.24) is 15.1 Å². The molecule has 5 nitrogen and oxygen atoms in total. The fourth-order valence-electron chi connectivity index (χ4n) is 1.60. The Morgan fingerprint density at radius 2 is 1.88 bits per heavy atom. The first-order valence-electron chi connectivity index (χ1n) is 5.73. The molecule has 5 heteroatoms. The number of hydrogen-bond acceptors (Lipinski definition) is 5. The smallest absolute Gasteiger partial charge is 0.258 e. The fourth-order valence-corrected chi connectivity index (χ4v) is 1.60. The molecule has 2 heterocycles. The molecule has 0 saturated heterocycles. The summed E-state index contributed by atoms with van der Waals surface area (Å²) in [4.78, 5) is 8.31. The molecule has 17 heavy (non-hydrogen) atoms. The zero-order chi connectivity index (χ0) is 12.3. The highest BCUT2D eigenvalue weighted by Crippen LogP contribution is 2.25. The molecule has 2 N–H and O–H groups in total. The van der Waals surface area contributed by atoms with E-state index in [-0.39, 0.29) is 0 Å². The van der Waals surface area contributed by atoms with Crippen molar-refractivity contribution in [1.29, 1.82) is 0 Å². The van der Waals surface area contributed by atoms with Gasteiger partial charge in [-0.1, -0.05) is 19.0 Å². The van der Waals surface area contributed by atoms with Gasteiger partial charge in [0.15, 0.2) is 5.82 Å². The Kier molecular flexibility index (Phi) is 3.19. The van der Waals surface area contributed by atoms with Crippen LogP contribution >= 0.6 is 0 Å². The highest BCUT2D eigenvalue weighted by molar-refractivity contribution is 5.51. The maximum Gasteiger partial charge on any atom is 0.258 e. The zero-order valence-corrected chi connectivity index (χ0v) is 10.1. The van der Waals surface area contributed by atoms with E-state index in [1.54, 1.807) is 12.4 Å². The molecule has 0 unspecified atom stereocenters. The molecule has 0 aromatic carbocycles. The molecule has 0 saturated carbocycles. The van der Waals surface area contributed by atoms with Crippen molar-refractivity contribution >= 4 is 0 Å². The summed E-state index contributed by atoms with van der Waals surface area (Å²) in [6, 6.07) is 3.65. The van der Waals surface area contributed by atoms with E-state index < -0.39 is 5.54 Å². The molecule has 2 aromatic rings. The van der Waals surface area contributed by atoms with Gasteiger partial charge < -0.3 is 10.3 Å². The summed E-state index contributed by atoms with van der Waals surface area (Å²) in [5.41, 5.74) is 6.56. The minimum Gasteiger partial charge on any atom is -0.334 e. The van der Waals surface area contributed by atoms with Crippen LogP contribution in [0, 0.1) is 0 Å². The van der Waals surface area contributed by atoms with Gasteiger partial charge in [-0.25, -0.2) is 0 Å². The van der Waals surface area contributed by atoms with E-state index in [1.807, 2.05) is 26.0 Å². The van der Waals surface area contributed by atoms with Gasteiger partial charge in [0.1, 0.15) is 0 Å². The number of hydrogen-bond donors (Lipinski definition) is 1. The quantitative estimate of drug-likeness (QED) is 0.873. The molecule has 0 aliphatic rings. The third-order valence-corrected chi connectivity index (χ3v) is 3.06. The Bertz CT molecular complexity index is 476. The summed E-state index contributed by atoms with van der Waals surface area (Å²) in [5.74, 6) is 1.05. The predicted octanol–water partition coefficient (Wildman–Crippen LogP) is 2.11. The molecule has 0 atom stereocenters. The fraction of sp³-hybridized carbons (Fsp3) is 0.417. The number of rotatable bonds is 4. The molecule has 0 amide bonds. The van der Waals surface area contributed by atoms with Crippen molar-refractivity contribution in [2.45, 2.75) is 32.2 Å². The lowest BCUT2D eigenvalue weighted by Crippen LogP contribution is -2.36. The lowest BCUT2D eigenvalue weighted by atomic mass is 9.93. The van der Waals surface area contributed by atoms with Crippen LogP contribution in [0.1, 0.15) is 32.5 Å². The van der Waals surface area contributed by atoms with Gasteiger partial charge in [0, 0.05) is 18.0 Å². The molecular formula is C12H16N4O. The van der Waals surface area contributed by atoms with Crippen LogP contribution in [-0.4, -0.2) is 15.1 Å². The van der Waals surface area contributed by atoms with Crippen LogP contribution in [0.25, 0.3) is 11.5 Å². The van der Waals surface area contributed by atoms with Crippen LogP contribution in [0.4, 0.5) is 0 Å². The molecule has 0 aliphatic heterocycles. The maximum absolute atomic E-state index is 6.21. The number of pyridine rings is 1. The highest BCUT2D eigenvalue weighted by atomic mass is 16.5. The molecule has 0 radical (unpaired) electrons. The van der Waals surface area contributed by atoms with E-state index in [4.69, 9.17) is 10.3 Å². The lowest BCUT2D eigenvalue weighted by Gasteiger charge is -2.21. The van der Waals surface area contributed by atoms with Crippen LogP contribution in [0.2, 0.25) is 0 Å². The minimum atomic E-state index is -0.505. The summed E-state index contributed by atoms with van der Waals surface area (Å²) in [5, 5.41) is 3.97. The van der Waals surface area contributed by atoms with E-state index in [9.17, 15) is 0 Å². The van der Waals surface area contributed by atoms with Gasteiger partial charge in [0.05, 0.1) is 5.54 Å². The van der Waals surface area contributed by atoms with Gasteiger partial charge in [-0.2, -0.15) is 4.98 Å². The Morgan fingerprint density at radius 3 is 2.47 bits per heavy atom. The monoisotopic (exact) mass is 232 g/mol. The average Bonchev–Trinajstić information content (AvgIpc) is 2.89. The molecule has 0 spiro atoms. The van der Waals surface area contributed by atoms with E-state index in [0.717, 1.165) is 18.4 Å². The number of nitrogens with zero attached hydrogens (tertiary/aromatic N) is 3. The van der Waals surface area contributed by atoms with Crippen LogP contribution in [0.15, 0.2) is 29.0 Å². The SMILES string of the molecule is CCC(N)(CC)c1noc(-c2ccncc2)n1.